The number of hydrogen-bond acceptors (Lipinski definition) is 1. The van der Waals surface area contributed by atoms with E-state index in [-0.39, 0.29) is 5.82 Å². The average molecular weight is 194 g/mol. The van der Waals surface area contributed by atoms with Gasteiger partial charge >= 0.3 is 0 Å². The summed E-state index contributed by atoms with van der Waals surface area (Å²) in [6.07, 6.45) is 3.60. The van der Waals surface area contributed by atoms with Crippen molar-refractivity contribution < 1.29 is 9.13 Å². The van der Waals surface area contributed by atoms with Gasteiger partial charge in [-0.05, 0) is 43.9 Å². The number of hydrogen-bond donors (Lipinski definition) is 0. The summed E-state index contributed by atoms with van der Waals surface area (Å²) >= 11 is 0. The molecule has 0 aromatic heterocycles. The smallest absolute Gasteiger partial charge is 0.123 e. The van der Waals surface area contributed by atoms with Crippen molar-refractivity contribution in [3.05, 3.63) is 29.6 Å². The van der Waals surface area contributed by atoms with Gasteiger partial charge in [0, 0.05) is 5.56 Å². The molecule has 1 aliphatic rings. The van der Waals surface area contributed by atoms with Crippen molar-refractivity contribution in [2.24, 2.45) is 0 Å². The van der Waals surface area contributed by atoms with Crippen LogP contribution in [-0.4, -0.2) is 6.61 Å². The Balaban J connectivity index is 2.27. The van der Waals surface area contributed by atoms with E-state index >= 15 is 0 Å². The maximum Gasteiger partial charge on any atom is 0.123 e. The topological polar surface area (TPSA) is 9.23 Å². The van der Waals surface area contributed by atoms with E-state index in [0.29, 0.717) is 12.5 Å². The van der Waals surface area contributed by atoms with Crippen LogP contribution in [0.15, 0.2) is 18.2 Å². The van der Waals surface area contributed by atoms with Gasteiger partial charge in [0.1, 0.15) is 11.6 Å². The summed E-state index contributed by atoms with van der Waals surface area (Å²) < 4.78 is 18.5. The Kier molecular flexibility index (Phi) is 2.71. The van der Waals surface area contributed by atoms with E-state index in [1.807, 2.05) is 6.92 Å². The first-order valence-electron chi connectivity index (χ1n) is 5.23. The second-order valence-corrected chi connectivity index (χ2v) is 3.74. The molecule has 0 unspecified atom stereocenters. The van der Waals surface area contributed by atoms with Gasteiger partial charge in [0.15, 0.2) is 0 Å². The van der Waals surface area contributed by atoms with Gasteiger partial charge in [-0.15, -0.1) is 0 Å². The minimum Gasteiger partial charge on any atom is -0.494 e. The fourth-order valence-corrected chi connectivity index (χ4v) is 1.84. The molecule has 0 bridgehead atoms. The largest absolute Gasteiger partial charge is 0.494 e. The molecule has 1 nitrogen and oxygen atoms in total. The number of ether oxygens (including phenoxy) is 1. The van der Waals surface area contributed by atoms with Crippen molar-refractivity contribution in [3.63, 3.8) is 0 Å². The first-order valence-corrected chi connectivity index (χ1v) is 5.23. The van der Waals surface area contributed by atoms with Crippen molar-refractivity contribution in [2.45, 2.75) is 32.1 Å². The second kappa shape index (κ2) is 3.99. The normalized spacial score (nSPS) is 16.4. The molecule has 0 saturated heterocycles. The summed E-state index contributed by atoms with van der Waals surface area (Å²) in [5.41, 5.74) is 1.05. The predicted molar refractivity (Wildman–Crippen MR) is 54.2 cm³/mol. The van der Waals surface area contributed by atoms with E-state index in [9.17, 15) is 4.39 Å². The Labute approximate surface area is 83.9 Å². The summed E-state index contributed by atoms with van der Waals surface area (Å²) in [5, 5.41) is 0. The minimum absolute atomic E-state index is 0.157. The van der Waals surface area contributed by atoms with E-state index in [1.165, 1.54) is 25.3 Å². The van der Waals surface area contributed by atoms with Gasteiger partial charge in [-0.25, -0.2) is 4.39 Å². The number of benzene rings is 1. The van der Waals surface area contributed by atoms with E-state index in [0.717, 1.165) is 11.3 Å². The van der Waals surface area contributed by atoms with Crippen LogP contribution in [0.4, 0.5) is 4.39 Å². The van der Waals surface area contributed by atoms with Crippen molar-refractivity contribution >= 4 is 0 Å². The Morgan fingerprint density at radius 2 is 2.21 bits per heavy atom. The third kappa shape index (κ3) is 1.74. The maximum atomic E-state index is 13.1. The fourth-order valence-electron chi connectivity index (χ4n) is 1.84. The summed E-state index contributed by atoms with van der Waals surface area (Å²) in [6.45, 7) is 2.60. The van der Waals surface area contributed by atoms with Crippen LogP contribution in [0, 0.1) is 5.82 Å². The molecule has 1 aromatic rings. The Morgan fingerprint density at radius 1 is 1.43 bits per heavy atom. The van der Waals surface area contributed by atoms with Gasteiger partial charge in [-0.1, -0.05) is 6.42 Å². The highest BCUT2D eigenvalue weighted by Crippen LogP contribution is 2.40. The van der Waals surface area contributed by atoms with Gasteiger partial charge in [0.2, 0.25) is 0 Å². The van der Waals surface area contributed by atoms with Gasteiger partial charge in [0.25, 0.3) is 0 Å². The van der Waals surface area contributed by atoms with Crippen LogP contribution in [0.3, 0.4) is 0 Å². The van der Waals surface area contributed by atoms with Gasteiger partial charge in [-0.2, -0.15) is 0 Å². The van der Waals surface area contributed by atoms with E-state index in [1.54, 1.807) is 12.1 Å². The van der Waals surface area contributed by atoms with E-state index < -0.39 is 0 Å². The van der Waals surface area contributed by atoms with E-state index in [2.05, 4.69) is 0 Å². The van der Waals surface area contributed by atoms with Crippen LogP contribution < -0.4 is 4.74 Å². The molecule has 2 heteroatoms. The zero-order chi connectivity index (χ0) is 9.97. The summed E-state index contributed by atoms with van der Waals surface area (Å²) in [6, 6.07) is 4.83. The van der Waals surface area contributed by atoms with Crippen LogP contribution in [0.1, 0.15) is 37.7 Å². The summed E-state index contributed by atoms with van der Waals surface area (Å²) in [5.74, 6) is 1.22. The lowest BCUT2D eigenvalue weighted by molar-refractivity contribution is 0.322. The second-order valence-electron chi connectivity index (χ2n) is 3.74. The van der Waals surface area contributed by atoms with Crippen LogP contribution >= 0.6 is 0 Å². The monoisotopic (exact) mass is 194 g/mol. The molecule has 0 heterocycles. The first-order chi connectivity index (χ1) is 6.81. The number of halogens is 1. The molecular weight excluding hydrogens is 179 g/mol. The molecule has 0 spiro atoms. The lowest BCUT2D eigenvalue weighted by atomic mass is 9.79. The highest BCUT2D eigenvalue weighted by atomic mass is 19.1. The van der Waals surface area contributed by atoms with E-state index in [4.69, 9.17) is 4.74 Å². The van der Waals surface area contributed by atoms with Crippen LogP contribution in [0.2, 0.25) is 0 Å². The molecule has 76 valence electrons. The molecule has 2 rings (SSSR count). The molecule has 0 atom stereocenters. The standard InChI is InChI=1S/C12H15FO/c1-2-14-12-7-6-10(13)8-11(12)9-4-3-5-9/h6-9H,2-5H2,1H3. The molecule has 0 N–H and O–H groups in total. The lowest BCUT2D eigenvalue weighted by Crippen LogP contribution is -2.11. The Morgan fingerprint density at radius 3 is 2.79 bits per heavy atom. The zero-order valence-corrected chi connectivity index (χ0v) is 8.42. The third-order valence-corrected chi connectivity index (χ3v) is 2.82. The molecule has 1 fully saturated rings. The van der Waals surface area contributed by atoms with Crippen molar-refractivity contribution in [1.82, 2.24) is 0 Å². The molecule has 1 aliphatic carbocycles. The maximum absolute atomic E-state index is 13.1. The highest BCUT2D eigenvalue weighted by molar-refractivity contribution is 5.37. The summed E-state index contributed by atoms with van der Waals surface area (Å²) in [4.78, 5) is 0. The van der Waals surface area contributed by atoms with Gasteiger partial charge < -0.3 is 4.74 Å². The SMILES string of the molecule is CCOc1ccc(F)cc1C1CCC1. The van der Waals surface area contributed by atoms with Crippen molar-refractivity contribution in [1.29, 1.82) is 0 Å². The molecule has 14 heavy (non-hydrogen) atoms. The van der Waals surface area contributed by atoms with Gasteiger partial charge in [0.05, 0.1) is 6.61 Å². The Hall–Kier alpha value is -1.05. The highest BCUT2D eigenvalue weighted by Gasteiger charge is 2.23. The van der Waals surface area contributed by atoms with Crippen molar-refractivity contribution in [2.75, 3.05) is 6.61 Å². The number of rotatable bonds is 3. The van der Waals surface area contributed by atoms with Crippen molar-refractivity contribution in [3.8, 4) is 5.75 Å². The Bertz CT molecular complexity index is 318. The van der Waals surface area contributed by atoms with Gasteiger partial charge in [-0.3, -0.25) is 0 Å². The molecular formula is C12H15FO. The zero-order valence-electron chi connectivity index (χ0n) is 8.42. The molecule has 1 aromatic carbocycles. The molecule has 0 aliphatic heterocycles. The minimum atomic E-state index is -0.157. The summed E-state index contributed by atoms with van der Waals surface area (Å²) in [7, 11) is 0. The lowest BCUT2D eigenvalue weighted by Gasteiger charge is -2.27. The van der Waals surface area contributed by atoms with Crippen LogP contribution in [0.25, 0.3) is 0 Å². The quantitative estimate of drug-likeness (QED) is 0.715. The van der Waals surface area contributed by atoms with Crippen LogP contribution in [0.5, 0.6) is 5.75 Å². The average Bonchev–Trinajstić information content (AvgIpc) is 2.07. The predicted octanol–water partition coefficient (Wildman–Crippen LogP) is 3.49. The molecule has 0 amide bonds. The van der Waals surface area contributed by atoms with Crippen LogP contribution in [-0.2, 0) is 0 Å². The molecule has 1 saturated carbocycles. The first kappa shape index (κ1) is 9.50. The third-order valence-electron chi connectivity index (χ3n) is 2.82. The molecule has 0 radical (unpaired) electrons. The fraction of sp³-hybridized carbons (Fsp3) is 0.500.